The first kappa shape index (κ1) is 11.9. The monoisotopic (exact) mass is 246 g/mol. The van der Waals surface area contributed by atoms with Gasteiger partial charge in [0.05, 0.1) is 0 Å². The van der Waals surface area contributed by atoms with Gasteiger partial charge in [0, 0.05) is 44.5 Å². The lowest BCUT2D eigenvalue weighted by molar-refractivity contribution is 0.174. The number of nitrogens with zero attached hydrogens (tertiary/aromatic N) is 3. The Hall–Kier alpha value is -1.13. The van der Waals surface area contributed by atoms with Gasteiger partial charge in [-0.15, -0.1) is 0 Å². The van der Waals surface area contributed by atoms with E-state index in [9.17, 15) is 0 Å². The Kier molecular flexibility index (Phi) is 3.48. The van der Waals surface area contributed by atoms with Crippen molar-refractivity contribution in [2.24, 2.45) is 5.73 Å². The minimum Gasteiger partial charge on any atom is -0.354 e. The highest BCUT2D eigenvalue weighted by atomic mass is 15.3. The minimum atomic E-state index is 0.395. The average Bonchev–Trinajstić information content (AvgIpc) is 2.86. The van der Waals surface area contributed by atoms with Crippen LogP contribution in [-0.4, -0.2) is 48.1 Å². The number of aromatic nitrogens is 1. The largest absolute Gasteiger partial charge is 0.354 e. The highest BCUT2D eigenvalue weighted by molar-refractivity contribution is 5.38. The molecule has 1 aliphatic heterocycles. The topological polar surface area (TPSA) is 45.4 Å². The lowest BCUT2D eigenvalue weighted by atomic mass is 10.1. The highest BCUT2D eigenvalue weighted by Gasteiger charge is 2.31. The summed E-state index contributed by atoms with van der Waals surface area (Å²) in [4.78, 5) is 9.38. The van der Waals surface area contributed by atoms with Gasteiger partial charge in [-0.05, 0) is 25.0 Å². The van der Waals surface area contributed by atoms with Crippen LogP contribution in [0.25, 0.3) is 0 Å². The molecule has 4 heteroatoms. The van der Waals surface area contributed by atoms with Gasteiger partial charge in [0.2, 0.25) is 0 Å². The molecule has 1 aliphatic carbocycles. The number of hydrogen-bond acceptors (Lipinski definition) is 4. The van der Waals surface area contributed by atoms with Gasteiger partial charge in [-0.1, -0.05) is 12.5 Å². The molecule has 2 unspecified atom stereocenters. The van der Waals surface area contributed by atoms with Crippen LogP contribution >= 0.6 is 0 Å². The Balaban J connectivity index is 1.58. The van der Waals surface area contributed by atoms with Crippen LogP contribution in [0.2, 0.25) is 0 Å². The molecular weight excluding hydrogens is 224 g/mol. The van der Waals surface area contributed by atoms with Crippen LogP contribution in [0.15, 0.2) is 24.4 Å². The first-order chi connectivity index (χ1) is 8.84. The van der Waals surface area contributed by atoms with Gasteiger partial charge < -0.3 is 10.6 Å². The molecule has 98 valence electrons. The fourth-order valence-corrected chi connectivity index (χ4v) is 3.25. The molecule has 0 amide bonds. The number of anilines is 1. The minimum absolute atomic E-state index is 0.395. The molecule has 2 aliphatic rings. The number of nitrogens with two attached hydrogens (primary N) is 1. The van der Waals surface area contributed by atoms with E-state index in [1.165, 1.54) is 19.3 Å². The van der Waals surface area contributed by atoms with Crippen LogP contribution in [0.3, 0.4) is 0 Å². The summed E-state index contributed by atoms with van der Waals surface area (Å²) >= 11 is 0. The van der Waals surface area contributed by atoms with E-state index in [2.05, 4.69) is 26.9 Å². The summed E-state index contributed by atoms with van der Waals surface area (Å²) in [6.45, 7) is 4.38. The lowest BCUT2D eigenvalue weighted by Crippen LogP contribution is -2.54. The van der Waals surface area contributed by atoms with Crippen LogP contribution in [0.1, 0.15) is 19.3 Å². The molecular formula is C14H22N4. The van der Waals surface area contributed by atoms with Crippen LogP contribution in [-0.2, 0) is 0 Å². The maximum atomic E-state index is 6.19. The molecule has 0 aromatic carbocycles. The second-order valence-electron chi connectivity index (χ2n) is 5.37. The highest BCUT2D eigenvalue weighted by Crippen LogP contribution is 2.24. The van der Waals surface area contributed by atoms with E-state index in [0.717, 1.165) is 32.0 Å². The SMILES string of the molecule is NC1CCCC1N1CCN(c2ccccn2)CC1. The summed E-state index contributed by atoms with van der Waals surface area (Å²) in [5, 5.41) is 0. The van der Waals surface area contributed by atoms with E-state index < -0.39 is 0 Å². The first-order valence-electron chi connectivity index (χ1n) is 7.00. The maximum Gasteiger partial charge on any atom is 0.128 e. The third kappa shape index (κ3) is 2.35. The third-order valence-corrected chi connectivity index (χ3v) is 4.29. The molecule has 2 atom stereocenters. The van der Waals surface area contributed by atoms with Crippen LogP contribution in [0, 0.1) is 0 Å². The van der Waals surface area contributed by atoms with Crippen molar-refractivity contribution in [2.75, 3.05) is 31.1 Å². The number of piperazine rings is 1. The van der Waals surface area contributed by atoms with Crippen molar-refractivity contribution < 1.29 is 0 Å². The number of hydrogen-bond donors (Lipinski definition) is 1. The van der Waals surface area contributed by atoms with Crippen molar-refractivity contribution in [1.29, 1.82) is 0 Å². The van der Waals surface area contributed by atoms with E-state index in [0.29, 0.717) is 12.1 Å². The average molecular weight is 246 g/mol. The van der Waals surface area contributed by atoms with Gasteiger partial charge in [0.1, 0.15) is 5.82 Å². The molecule has 1 saturated carbocycles. The maximum absolute atomic E-state index is 6.19. The number of rotatable bonds is 2. The van der Waals surface area contributed by atoms with Gasteiger partial charge in [-0.3, -0.25) is 4.90 Å². The standard InChI is InChI=1S/C14H22N4/c15-12-4-3-5-13(12)17-8-10-18(11-9-17)14-6-1-2-7-16-14/h1-2,6-7,12-13H,3-5,8-11,15H2. The molecule has 4 nitrogen and oxygen atoms in total. The summed E-state index contributed by atoms with van der Waals surface area (Å²) < 4.78 is 0. The molecule has 1 saturated heterocycles. The quantitative estimate of drug-likeness (QED) is 0.848. The van der Waals surface area contributed by atoms with Crippen molar-refractivity contribution in [3.05, 3.63) is 24.4 Å². The van der Waals surface area contributed by atoms with Crippen molar-refractivity contribution >= 4 is 5.82 Å². The van der Waals surface area contributed by atoms with Gasteiger partial charge >= 0.3 is 0 Å². The van der Waals surface area contributed by atoms with E-state index in [1.807, 2.05) is 12.3 Å². The molecule has 0 bridgehead atoms. The second-order valence-corrected chi connectivity index (χ2v) is 5.37. The Labute approximate surface area is 109 Å². The Morgan fingerprint density at radius 1 is 1.11 bits per heavy atom. The normalized spacial score (nSPS) is 29.7. The fourth-order valence-electron chi connectivity index (χ4n) is 3.25. The molecule has 3 rings (SSSR count). The van der Waals surface area contributed by atoms with Crippen LogP contribution in [0.5, 0.6) is 0 Å². The summed E-state index contributed by atoms with van der Waals surface area (Å²) in [5.74, 6) is 1.10. The second kappa shape index (κ2) is 5.24. The predicted molar refractivity (Wildman–Crippen MR) is 73.6 cm³/mol. The summed E-state index contributed by atoms with van der Waals surface area (Å²) in [6.07, 6.45) is 5.65. The van der Waals surface area contributed by atoms with E-state index in [-0.39, 0.29) is 0 Å². The number of pyridine rings is 1. The van der Waals surface area contributed by atoms with Gasteiger partial charge in [-0.2, -0.15) is 0 Å². The molecule has 2 heterocycles. The molecule has 1 aromatic rings. The van der Waals surface area contributed by atoms with Crippen molar-refractivity contribution in [3.8, 4) is 0 Å². The van der Waals surface area contributed by atoms with Crippen LogP contribution in [0.4, 0.5) is 5.82 Å². The van der Waals surface area contributed by atoms with Crippen molar-refractivity contribution in [2.45, 2.75) is 31.3 Å². The van der Waals surface area contributed by atoms with E-state index in [4.69, 9.17) is 5.73 Å². The molecule has 2 fully saturated rings. The van der Waals surface area contributed by atoms with Crippen LogP contribution < -0.4 is 10.6 Å². The smallest absolute Gasteiger partial charge is 0.128 e. The van der Waals surface area contributed by atoms with Gasteiger partial charge in [0.15, 0.2) is 0 Å². The third-order valence-electron chi connectivity index (χ3n) is 4.29. The lowest BCUT2D eigenvalue weighted by Gasteiger charge is -2.39. The Bertz CT molecular complexity index is 373. The van der Waals surface area contributed by atoms with E-state index >= 15 is 0 Å². The van der Waals surface area contributed by atoms with Crippen molar-refractivity contribution in [1.82, 2.24) is 9.88 Å². The van der Waals surface area contributed by atoms with E-state index in [1.54, 1.807) is 0 Å². The molecule has 18 heavy (non-hydrogen) atoms. The zero-order valence-electron chi connectivity index (χ0n) is 10.8. The van der Waals surface area contributed by atoms with Crippen molar-refractivity contribution in [3.63, 3.8) is 0 Å². The molecule has 2 N–H and O–H groups in total. The summed E-state index contributed by atoms with van der Waals surface area (Å²) in [6, 6.07) is 7.14. The Morgan fingerprint density at radius 2 is 1.94 bits per heavy atom. The predicted octanol–water partition coefficient (Wildman–Crippen LogP) is 1.08. The Morgan fingerprint density at radius 3 is 2.56 bits per heavy atom. The summed E-state index contributed by atoms with van der Waals surface area (Å²) in [5.41, 5.74) is 6.19. The van der Waals surface area contributed by atoms with Gasteiger partial charge in [0.25, 0.3) is 0 Å². The fraction of sp³-hybridized carbons (Fsp3) is 0.643. The first-order valence-corrected chi connectivity index (χ1v) is 7.00. The molecule has 0 radical (unpaired) electrons. The summed E-state index contributed by atoms with van der Waals surface area (Å²) in [7, 11) is 0. The van der Waals surface area contributed by atoms with Gasteiger partial charge in [-0.25, -0.2) is 4.98 Å². The molecule has 1 aromatic heterocycles. The zero-order chi connectivity index (χ0) is 12.4. The zero-order valence-corrected chi connectivity index (χ0v) is 10.8. The molecule has 0 spiro atoms.